The molecule has 1 unspecified atom stereocenters. The van der Waals surface area contributed by atoms with E-state index < -0.39 is 17.7 Å². The first-order chi connectivity index (χ1) is 14.1. The van der Waals surface area contributed by atoms with E-state index in [2.05, 4.69) is 9.97 Å². The number of carbonyl (C=O) groups is 2. The molecule has 1 atom stereocenters. The fourth-order valence-corrected chi connectivity index (χ4v) is 3.50. The molecule has 1 aliphatic rings. The summed E-state index contributed by atoms with van der Waals surface area (Å²) in [7, 11) is 0. The molecule has 4 rings (SSSR count). The molecule has 1 aromatic carbocycles. The van der Waals surface area contributed by atoms with Crippen molar-refractivity contribution < 1.29 is 14.7 Å². The third-order valence-electron chi connectivity index (χ3n) is 4.76. The largest absolute Gasteiger partial charge is 0.507 e. The van der Waals surface area contributed by atoms with Gasteiger partial charge in [0.25, 0.3) is 11.7 Å². The third kappa shape index (κ3) is 3.62. The molecule has 144 valence electrons. The van der Waals surface area contributed by atoms with Crippen LogP contribution in [0.5, 0.6) is 0 Å². The summed E-state index contributed by atoms with van der Waals surface area (Å²) >= 11 is 5.93. The minimum absolute atomic E-state index is 0.0272. The van der Waals surface area contributed by atoms with Crippen molar-refractivity contribution in [3.05, 3.63) is 101 Å². The highest BCUT2D eigenvalue weighted by atomic mass is 35.5. The van der Waals surface area contributed by atoms with E-state index in [0.717, 1.165) is 5.56 Å². The lowest BCUT2D eigenvalue weighted by Gasteiger charge is -2.25. The second-order valence-electron chi connectivity index (χ2n) is 6.58. The number of aliphatic hydroxyl groups is 1. The Kier molecular flexibility index (Phi) is 5.10. The first-order valence-electron chi connectivity index (χ1n) is 8.89. The summed E-state index contributed by atoms with van der Waals surface area (Å²) in [5, 5.41) is 11.4. The summed E-state index contributed by atoms with van der Waals surface area (Å²) in [6.07, 6.45) is 6.44. The Hall–Kier alpha value is -3.51. The number of rotatable bonds is 4. The number of hydrogen-bond acceptors (Lipinski definition) is 5. The van der Waals surface area contributed by atoms with Crippen molar-refractivity contribution in [3.63, 3.8) is 0 Å². The third-order valence-corrected chi connectivity index (χ3v) is 5.01. The number of hydrogen-bond donors (Lipinski definition) is 1. The molecule has 1 N–H and O–H groups in total. The smallest absolute Gasteiger partial charge is 0.295 e. The van der Waals surface area contributed by atoms with Crippen LogP contribution in [-0.2, 0) is 16.1 Å². The van der Waals surface area contributed by atoms with Crippen LogP contribution in [0.4, 0.5) is 0 Å². The Bertz CT molecular complexity index is 1080. The molecule has 3 heterocycles. The maximum absolute atomic E-state index is 12.9. The predicted octanol–water partition coefficient (Wildman–Crippen LogP) is 3.75. The molecule has 1 saturated heterocycles. The van der Waals surface area contributed by atoms with Crippen molar-refractivity contribution >= 4 is 29.1 Å². The molecule has 0 spiro atoms. The molecule has 0 radical (unpaired) electrons. The molecule has 0 saturated carbocycles. The number of ketones is 1. The summed E-state index contributed by atoms with van der Waals surface area (Å²) in [5.41, 5.74) is 1.89. The Morgan fingerprint density at radius 1 is 1.00 bits per heavy atom. The molecular formula is C22H16ClN3O3. The summed E-state index contributed by atoms with van der Waals surface area (Å²) in [6, 6.07) is 12.7. The van der Waals surface area contributed by atoms with Gasteiger partial charge in [-0.15, -0.1) is 0 Å². The number of amides is 1. The molecular weight excluding hydrogens is 390 g/mol. The topological polar surface area (TPSA) is 83.4 Å². The van der Waals surface area contributed by atoms with Crippen LogP contribution < -0.4 is 0 Å². The first kappa shape index (κ1) is 18.8. The van der Waals surface area contributed by atoms with Gasteiger partial charge in [0.1, 0.15) is 5.76 Å². The summed E-state index contributed by atoms with van der Waals surface area (Å²) in [4.78, 5) is 35.3. The first-order valence-corrected chi connectivity index (χ1v) is 9.27. The van der Waals surface area contributed by atoms with Crippen molar-refractivity contribution in [1.29, 1.82) is 0 Å². The van der Waals surface area contributed by atoms with Gasteiger partial charge in [0.2, 0.25) is 0 Å². The standard InChI is InChI=1S/C22H16ClN3O3/c23-17-5-3-15(4-6-17)20(27)18-19(16-2-1-9-25-12-16)26(22(29)21(18)28)13-14-7-10-24-11-8-14/h1-12,19,27H,13H2/b20-18-. The molecule has 1 aliphatic heterocycles. The van der Waals surface area contributed by atoms with Gasteiger partial charge in [-0.25, -0.2) is 0 Å². The lowest BCUT2D eigenvalue weighted by atomic mass is 9.96. The minimum atomic E-state index is -0.757. The van der Waals surface area contributed by atoms with Crippen molar-refractivity contribution in [2.75, 3.05) is 0 Å². The Morgan fingerprint density at radius 3 is 2.38 bits per heavy atom. The van der Waals surface area contributed by atoms with E-state index in [1.54, 1.807) is 73.3 Å². The second kappa shape index (κ2) is 7.85. The minimum Gasteiger partial charge on any atom is -0.507 e. The lowest BCUT2D eigenvalue weighted by Crippen LogP contribution is -2.29. The van der Waals surface area contributed by atoms with Crippen LogP contribution in [0.1, 0.15) is 22.7 Å². The summed E-state index contributed by atoms with van der Waals surface area (Å²) < 4.78 is 0. The van der Waals surface area contributed by atoms with E-state index in [1.807, 2.05) is 0 Å². The van der Waals surface area contributed by atoms with E-state index in [0.29, 0.717) is 16.1 Å². The van der Waals surface area contributed by atoms with Crippen LogP contribution in [0.3, 0.4) is 0 Å². The van der Waals surface area contributed by atoms with Gasteiger partial charge < -0.3 is 10.0 Å². The molecule has 0 bridgehead atoms. The zero-order valence-corrected chi connectivity index (χ0v) is 16.0. The average Bonchev–Trinajstić information content (AvgIpc) is 3.00. The SMILES string of the molecule is O=C1C(=O)N(Cc2ccncc2)C(c2cccnc2)/C1=C(/O)c1ccc(Cl)cc1. The van der Waals surface area contributed by atoms with Gasteiger partial charge in [0, 0.05) is 41.9 Å². The molecule has 1 amide bonds. The second-order valence-corrected chi connectivity index (χ2v) is 7.01. The zero-order chi connectivity index (χ0) is 20.4. The number of benzene rings is 1. The Balaban J connectivity index is 1.85. The highest BCUT2D eigenvalue weighted by Gasteiger charge is 2.46. The molecule has 7 heteroatoms. The van der Waals surface area contributed by atoms with E-state index >= 15 is 0 Å². The Morgan fingerprint density at radius 2 is 1.72 bits per heavy atom. The number of Topliss-reactive ketones (excluding diaryl/α,β-unsaturated/α-hetero) is 1. The quantitative estimate of drug-likeness (QED) is 0.406. The fourth-order valence-electron chi connectivity index (χ4n) is 3.38. The van der Waals surface area contributed by atoms with Gasteiger partial charge >= 0.3 is 0 Å². The molecule has 3 aromatic rings. The van der Waals surface area contributed by atoms with Gasteiger partial charge in [-0.2, -0.15) is 0 Å². The van der Waals surface area contributed by atoms with Crippen LogP contribution in [0, 0.1) is 0 Å². The summed E-state index contributed by atoms with van der Waals surface area (Å²) in [5.74, 6) is -1.65. The van der Waals surface area contributed by atoms with Gasteiger partial charge in [-0.05, 0) is 53.6 Å². The highest BCUT2D eigenvalue weighted by molar-refractivity contribution is 6.46. The summed E-state index contributed by atoms with van der Waals surface area (Å²) in [6.45, 7) is 0.198. The normalized spacial score (nSPS) is 18.2. The number of aromatic nitrogens is 2. The monoisotopic (exact) mass is 405 g/mol. The van der Waals surface area contributed by atoms with Crippen molar-refractivity contribution in [2.24, 2.45) is 0 Å². The van der Waals surface area contributed by atoms with Gasteiger partial charge in [0.05, 0.1) is 11.6 Å². The van der Waals surface area contributed by atoms with Gasteiger partial charge in [-0.1, -0.05) is 17.7 Å². The lowest BCUT2D eigenvalue weighted by molar-refractivity contribution is -0.140. The number of carbonyl (C=O) groups excluding carboxylic acids is 2. The van der Waals surface area contributed by atoms with Crippen LogP contribution in [0.15, 0.2) is 78.9 Å². The number of halogens is 1. The molecule has 6 nitrogen and oxygen atoms in total. The number of likely N-dealkylation sites (tertiary alicyclic amines) is 1. The highest BCUT2D eigenvalue weighted by Crippen LogP contribution is 2.40. The van der Waals surface area contributed by atoms with Gasteiger partial charge in [-0.3, -0.25) is 19.6 Å². The van der Waals surface area contributed by atoms with E-state index in [9.17, 15) is 14.7 Å². The number of nitrogens with zero attached hydrogens (tertiary/aromatic N) is 3. The van der Waals surface area contributed by atoms with Crippen LogP contribution >= 0.6 is 11.6 Å². The van der Waals surface area contributed by atoms with Crippen molar-refractivity contribution in [2.45, 2.75) is 12.6 Å². The van der Waals surface area contributed by atoms with Gasteiger partial charge in [0.15, 0.2) is 0 Å². The fraction of sp³-hybridized carbons (Fsp3) is 0.0909. The van der Waals surface area contributed by atoms with Crippen molar-refractivity contribution in [1.82, 2.24) is 14.9 Å². The van der Waals surface area contributed by atoms with E-state index in [-0.39, 0.29) is 17.9 Å². The molecule has 2 aromatic heterocycles. The van der Waals surface area contributed by atoms with Crippen LogP contribution in [0.25, 0.3) is 5.76 Å². The van der Waals surface area contributed by atoms with Crippen LogP contribution in [0.2, 0.25) is 5.02 Å². The molecule has 0 aliphatic carbocycles. The maximum Gasteiger partial charge on any atom is 0.295 e. The Labute approximate surface area is 172 Å². The number of aliphatic hydroxyl groups excluding tert-OH is 1. The number of pyridine rings is 2. The van der Waals surface area contributed by atoms with Crippen molar-refractivity contribution in [3.8, 4) is 0 Å². The molecule has 29 heavy (non-hydrogen) atoms. The maximum atomic E-state index is 12.9. The zero-order valence-electron chi connectivity index (χ0n) is 15.2. The van der Waals surface area contributed by atoms with E-state index in [4.69, 9.17) is 11.6 Å². The molecule has 1 fully saturated rings. The van der Waals surface area contributed by atoms with Crippen LogP contribution in [-0.4, -0.2) is 31.7 Å². The van der Waals surface area contributed by atoms with E-state index in [1.165, 1.54) is 4.90 Å². The average molecular weight is 406 g/mol. The predicted molar refractivity (Wildman–Crippen MR) is 108 cm³/mol.